The Kier molecular flexibility index (Phi) is 3.29. The Bertz CT molecular complexity index is 270. The van der Waals surface area contributed by atoms with Gasteiger partial charge in [-0.1, -0.05) is 28.1 Å². The van der Waals surface area contributed by atoms with Crippen molar-refractivity contribution in [1.29, 1.82) is 0 Å². The van der Waals surface area contributed by atoms with E-state index in [1.165, 1.54) is 28.4 Å². The average molecular weight is 229 g/mol. The van der Waals surface area contributed by atoms with E-state index in [0.717, 1.165) is 0 Å². The molecule has 0 aromatic heterocycles. The fourth-order valence-electron chi connectivity index (χ4n) is 1.20. The highest BCUT2D eigenvalue weighted by Crippen LogP contribution is 2.29. The maximum absolute atomic E-state index is 8.36. The van der Waals surface area contributed by atoms with Gasteiger partial charge in [-0.05, 0) is 30.0 Å². The SMILES string of the molecule is Brc1cccc2c1CC2.O=CO. The summed E-state index contributed by atoms with van der Waals surface area (Å²) in [6.07, 6.45) is 2.53. The van der Waals surface area contributed by atoms with Crippen molar-refractivity contribution in [2.24, 2.45) is 0 Å². The van der Waals surface area contributed by atoms with Gasteiger partial charge in [0.25, 0.3) is 6.47 Å². The summed E-state index contributed by atoms with van der Waals surface area (Å²) in [4.78, 5) is 8.36. The van der Waals surface area contributed by atoms with Crippen molar-refractivity contribution >= 4 is 22.4 Å². The molecule has 3 heteroatoms. The monoisotopic (exact) mass is 228 g/mol. The fourth-order valence-corrected chi connectivity index (χ4v) is 1.81. The van der Waals surface area contributed by atoms with Gasteiger partial charge in [-0.15, -0.1) is 0 Å². The fraction of sp³-hybridized carbons (Fsp3) is 0.222. The van der Waals surface area contributed by atoms with Gasteiger partial charge in [0.05, 0.1) is 0 Å². The Morgan fingerprint density at radius 2 is 2.08 bits per heavy atom. The summed E-state index contributed by atoms with van der Waals surface area (Å²) in [5.74, 6) is 0. The molecule has 0 amide bonds. The van der Waals surface area contributed by atoms with Crippen LogP contribution in [-0.4, -0.2) is 11.6 Å². The zero-order chi connectivity index (χ0) is 8.97. The van der Waals surface area contributed by atoms with Gasteiger partial charge >= 0.3 is 0 Å². The minimum absolute atomic E-state index is 0.250. The highest BCUT2D eigenvalue weighted by molar-refractivity contribution is 9.10. The van der Waals surface area contributed by atoms with Crippen LogP contribution in [0.15, 0.2) is 22.7 Å². The third kappa shape index (κ3) is 1.85. The lowest BCUT2D eigenvalue weighted by molar-refractivity contribution is -0.122. The number of carboxylic acid groups (broad SMARTS) is 1. The van der Waals surface area contributed by atoms with E-state index in [9.17, 15) is 0 Å². The van der Waals surface area contributed by atoms with E-state index in [1.807, 2.05) is 0 Å². The molecule has 0 atom stereocenters. The van der Waals surface area contributed by atoms with E-state index in [1.54, 1.807) is 0 Å². The van der Waals surface area contributed by atoms with Gasteiger partial charge in [-0.25, -0.2) is 0 Å². The third-order valence-electron chi connectivity index (χ3n) is 1.86. The third-order valence-corrected chi connectivity index (χ3v) is 2.60. The zero-order valence-electron chi connectivity index (χ0n) is 6.46. The maximum Gasteiger partial charge on any atom is 0.290 e. The van der Waals surface area contributed by atoms with Gasteiger partial charge in [0, 0.05) is 4.47 Å². The van der Waals surface area contributed by atoms with E-state index in [2.05, 4.69) is 34.1 Å². The number of benzene rings is 1. The largest absolute Gasteiger partial charge is 0.483 e. The van der Waals surface area contributed by atoms with Crippen LogP contribution >= 0.6 is 15.9 Å². The molecule has 2 rings (SSSR count). The molecule has 1 aliphatic carbocycles. The van der Waals surface area contributed by atoms with Crippen LogP contribution in [0.25, 0.3) is 0 Å². The lowest BCUT2D eigenvalue weighted by Crippen LogP contribution is -2.07. The summed E-state index contributed by atoms with van der Waals surface area (Å²) in [5, 5.41) is 6.89. The van der Waals surface area contributed by atoms with E-state index in [0.29, 0.717) is 0 Å². The molecule has 2 nitrogen and oxygen atoms in total. The number of fused-ring (bicyclic) bond motifs is 1. The molecule has 64 valence electrons. The first-order valence-electron chi connectivity index (χ1n) is 3.63. The van der Waals surface area contributed by atoms with Gasteiger partial charge in [0.15, 0.2) is 0 Å². The predicted octanol–water partition coefficient (Wildman–Crippen LogP) is 2.25. The minimum atomic E-state index is -0.250. The first-order valence-corrected chi connectivity index (χ1v) is 4.43. The van der Waals surface area contributed by atoms with Crippen LogP contribution in [0.3, 0.4) is 0 Å². The number of rotatable bonds is 0. The summed E-state index contributed by atoms with van der Waals surface area (Å²) in [6, 6.07) is 6.41. The second-order valence-electron chi connectivity index (χ2n) is 2.48. The van der Waals surface area contributed by atoms with Crippen molar-refractivity contribution < 1.29 is 9.90 Å². The highest BCUT2D eigenvalue weighted by atomic mass is 79.9. The lowest BCUT2D eigenvalue weighted by atomic mass is 9.89. The molecule has 0 saturated heterocycles. The van der Waals surface area contributed by atoms with E-state index in [4.69, 9.17) is 9.90 Å². The Hall–Kier alpha value is -0.830. The number of hydrogen-bond donors (Lipinski definition) is 1. The number of aryl methyl sites for hydroxylation is 1. The molecule has 0 aliphatic heterocycles. The standard InChI is InChI=1S/C8H7Br.CH2O2/c9-8-3-1-2-6-4-5-7(6)8;2-1-3/h1-3H,4-5H2;1H,(H,2,3). The predicted molar refractivity (Wildman–Crippen MR) is 50.2 cm³/mol. The van der Waals surface area contributed by atoms with Crippen molar-refractivity contribution in [3.8, 4) is 0 Å². The lowest BCUT2D eigenvalue weighted by Gasteiger charge is -2.19. The summed E-state index contributed by atoms with van der Waals surface area (Å²) in [7, 11) is 0. The molecular formula is C9H9BrO2. The number of carbonyl (C=O) groups is 1. The molecule has 0 radical (unpaired) electrons. The van der Waals surface area contributed by atoms with Crippen molar-refractivity contribution in [2.45, 2.75) is 12.8 Å². The van der Waals surface area contributed by atoms with Crippen LogP contribution in [0.4, 0.5) is 0 Å². The molecule has 12 heavy (non-hydrogen) atoms. The van der Waals surface area contributed by atoms with Gasteiger partial charge in [0.1, 0.15) is 0 Å². The molecule has 1 aromatic carbocycles. The van der Waals surface area contributed by atoms with Crippen molar-refractivity contribution in [1.82, 2.24) is 0 Å². The molecule has 0 heterocycles. The molecule has 0 spiro atoms. The summed E-state index contributed by atoms with van der Waals surface area (Å²) in [5.41, 5.74) is 3.03. The van der Waals surface area contributed by atoms with E-state index >= 15 is 0 Å². The van der Waals surface area contributed by atoms with Gasteiger partial charge in [-0.3, -0.25) is 4.79 Å². The minimum Gasteiger partial charge on any atom is -0.483 e. The quantitative estimate of drug-likeness (QED) is 0.692. The van der Waals surface area contributed by atoms with Crippen LogP contribution in [0, 0.1) is 0 Å². The summed E-state index contributed by atoms with van der Waals surface area (Å²) < 4.78 is 1.28. The van der Waals surface area contributed by atoms with Crippen LogP contribution in [0.5, 0.6) is 0 Å². The number of halogens is 1. The van der Waals surface area contributed by atoms with Crippen molar-refractivity contribution in [3.05, 3.63) is 33.8 Å². The Morgan fingerprint density at radius 3 is 2.42 bits per heavy atom. The summed E-state index contributed by atoms with van der Waals surface area (Å²) in [6.45, 7) is -0.250. The summed E-state index contributed by atoms with van der Waals surface area (Å²) >= 11 is 3.50. The molecule has 1 aromatic rings. The van der Waals surface area contributed by atoms with E-state index < -0.39 is 0 Å². The van der Waals surface area contributed by atoms with Crippen LogP contribution in [0.2, 0.25) is 0 Å². The van der Waals surface area contributed by atoms with Gasteiger partial charge in [-0.2, -0.15) is 0 Å². The van der Waals surface area contributed by atoms with Crippen molar-refractivity contribution in [2.75, 3.05) is 0 Å². The van der Waals surface area contributed by atoms with Crippen LogP contribution in [0.1, 0.15) is 11.1 Å². The maximum atomic E-state index is 8.36. The van der Waals surface area contributed by atoms with Crippen molar-refractivity contribution in [3.63, 3.8) is 0 Å². The molecule has 0 fully saturated rings. The topological polar surface area (TPSA) is 37.3 Å². The molecule has 0 bridgehead atoms. The molecular weight excluding hydrogens is 220 g/mol. The first kappa shape index (κ1) is 9.26. The molecule has 0 saturated carbocycles. The molecule has 1 N–H and O–H groups in total. The second kappa shape index (κ2) is 4.26. The van der Waals surface area contributed by atoms with Gasteiger partial charge in [0.2, 0.25) is 0 Å². The van der Waals surface area contributed by atoms with Crippen LogP contribution in [-0.2, 0) is 17.6 Å². The first-order chi connectivity index (χ1) is 5.79. The van der Waals surface area contributed by atoms with Gasteiger partial charge < -0.3 is 5.11 Å². The Morgan fingerprint density at radius 1 is 1.42 bits per heavy atom. The smallest absolute Gasteiger partial charge is 0.290 e. The molecule has 1 aliphatic rings. The Balaban J connectivity index is 0.000000213. The highest BCUT2D eigenvalue weighted by Gasteiger charge is 2.13. The number of hydrogen-bond acceptors (Lipinski definition) is 1. The average Bonchev–Trinajstić information content (AvgIpc) is 1.95. The molecule has 0 unspecified atom stereocenters. The zero-order valence-corrected chi connectivity index (χ0v) is 8.04. The van der Waals surface area contributed by atoms with Crippen LogP contribution < -0.4 is 0 Å². The normalized spacial score (nSPS) is 11.8. The Labute approximate surface area is 79.3 Å². The van der Waals surface area contributed by atoms with E-state index in [-0.39, 0.29) is 6.47 Å². The second-order valence-corrected chi connectivity index (χ2v) is 3.34.